The molecule has 0 saturated carbocycles. The van der Waals surface area contributed by atoms with Crippen LogP contribution in [0.1, 0.15) is 36.7 Å². The van der Waals surface area contributed by atoms with Gasteiger partial charge in [0.15, 0.2) is 5.65 Å². The van der Waals surface area contributed by atoms with Crippen molar-refractivity contribution >= 4 is 17.1 Å². The molecule has 0 aliphatic carbocycles. The van der Waals surface area contributed by atoms with Crippen molar-refractivity contribution in [2.45, 2.75) is 34.2 Å². The first kappa shape index (κ1) is 18.9. The van der Waals surface area contributed by atoms with Gasteiger partial charge >= 0.3 is 11.7 Å². The summed E-state index contributed by atoms with van der Waals surface area (Å²) in [6.45, 7) is 8.83. The Labute approximate surface area is 158 Å². The van der Waals surface area contributed by atoms with Gasteiger partial charge in [-0.05, 0) is 48.2 Å². The summed E-state index contributed by atoms with van der Waals surface area (Å²) >= 11 is 0. The fourth-order valence-electron chi connectivity index (χ4n) is 3.23. The summed E-state index contributed by atoms with van der Waals surface area (Å²) in [6.07, 6.45) is 0. The largest absolute Gasteiger partial charge is 0.465 e. The Morgan fingerprint density at radius 2 is 1.89 bits per heavy atom. The van der Waals surface area contributed by atoms with Gasteiger partial charge in [0, 0.05) is 19.2 Å². The first-order chi connectivity index (χ1) is 12.6. The van der Waals surface area contributed by atoms with Gasteiger partial charge in [0.1, 0.15) is 0 Å². The Balaban J connectivity index is 2.16. The molecule has 1 aromatic carbocycles. The number of ether oxygens (including phenoxy) is 1. The van der Waals surface area contributed by atoms with Crippen LogP contribution in [0.2, 0.25) is 0 Å². The number of pyridine rings is 1. The van der Waals surface area contributed by atoms with Crippen LogP contribution < -0.4 is 5.69 Å². The zero-order chi connectivity index (χ0) is 19.9. The summed E-state index contributed by atoms with van der Waals surface area (Å²) in [5.74, 6) is -0.384. The number of benzene rings is 1. The van der Waals surface area contributed by atoms with Crippen molar-refractivity contribution in [3.8, 4) is 11.3 Å². The summed E-state index contributed by atoms with van der Waals surface area (Å²) < 4.78 is 8.17. The second-order valence-corrected chi connectivity index (χ2v) is 8.11. The highest BCUT2D eigenvalue weighted by molar-refractivity contribution is 5.91. The molecular weight excluding hydrogens is 342 g/mol. The quantitative estimate of drug-likeness (QED) is 0.664. The van der Waals surface area contributed by atoms with Gasteiger partial charge in [-0.1, -0.05) is 20.8 Å². The Morgan fingerprint density at radius 1 is 1.19 bits per heavy atom. The topological polar surface area (TPSA) is 66.1 Å². The first-order valence-corrected chi connectivity index (χ1v) is 8.87. The average Bonchev–Trinajstić information content (AvgIpc) is 2.83. The maximum atomic E-state index is 12.7. The molecule has 2 aromatic heterocycles. The second-order valence-electron chi connectivity index (χ2n) is 8.11. The van der Waals surface area contributed by atoms with E-state index >= 15 is 0 Å². The number of fused-ring (bicyclic) bond motifs is 1. The van der Waals surface area contributed by atoms with E-state index in [4.69, 9.17) is 9.72 Å². The number of esters is 1. The number of aromatic nitrogens is 3. The van der Waals surface area contributed by atoms with Crippen molar-refractivity contribution in [3.63, 3.8) is 0 Å². The third-order valence-electron chi connectivity index (χ3n) is 4.41. The monoisotopic (exact) mass is 367 g/mol. The van der Waals surface area contributed by atoms with Gasteiger partial charge < -0.3 is 4.74 Å². The van der Waals surface area contributed by atoms with Crippen LogP contribution in [0.4, 0.5) is 0 Å². The van der Waals surface area contributed by atoms with Crippen molar-refractivity contribution < 1.29 is 9.53 Å². The van der Waals surface area contributed by atoms with E-state index in [1.807, 2.05) is 25.1 Å². The Kier molecular flexibility index (Phi) is 4.68. The molecular formula is C21H25N3O3. The Morgan fingerprint density at radius 3 is 2.52 bits per heavy atom. The molecule has 0 N–H and O–H groups in total. The van der Waals surface area contributed by atoms with Crippen molar-refractivity contribution in [2.24, 2.45) is 12.5 Å². The van der Waals surface area contributed by atoms with Crippen LogP contribution in [0.5, 0.6) is 0 Å². The molecule has 6 nitrogen and oxygen atoms in total. The van der Waals surface area contributed by atoms with Gasteiger partial charge in [0.05, 0.1) is 23.9 Å². The summed E-state index contributed by atoms with van der Waals surface area (Å²) in [7, 11) is 3.10. The predicted molar refractivity (Wildman–Crippen MR) is 106 cm³/mol. The fourth-order valence-corrected chi connectivity index (χ4v) is 3.23. The van der Waals surface area contributed by atoms with Crippen LogP contribution in [0, 0.1) is 12.3 Å². The van der Waals surface area contributed by atoms with E-state index in [2.05, 4.69) is 20.8 Å². The number of rotatable bonds is 3. The molecule has 0 unspecified atom stereocenters. The van der Waals surface area contributed by atoms with Crippen molar-refractivity contribution in [1.82, 2.24) is 14.1 Å². The lowest BCUT2D eigenvalue weighted by atomic mass is 9.97. The standard InChI is InChI=1S/C21H25N3O3/c1-13-9-14(11-15(10-13)19(25)27-6)16-7-8-17-18(22-16)23(5)20(26)24(17)12-21(2,3)4/h7-11H,12H2,1-6H3. The zero-order valence-electron chi connectivity index (χ0n) is 16.7. The van der Waals surface area contributed by atoms with Crippen molar-refractivity contribution in [3.05, 3.63) is 51.9 Å². The molecule has 0 fully saturated rings. The van der Waals surface area contributed by atoms with Crippen LogP contribution >= 0.6 is 0 Å². The molecule has 2 heterocycles. The number of aryl methyl sites for hydroxylation is 2. The van der Waals surface area contributed by atoms with Gasteiger partial charge in [0.2, 0.25) is 0 Å². The summed E-state index contributed by atoms with van der Waals surface area (Å²) in [5, 5.41) is 0. The van der Waals surface area contributed by atoms with Gasteiger partial charge in [0.25, 0.3) is 0 Å². The summed E-state index contributed by atoms with van der Waals surface area (Å²) in [5.41, 5.74) is 4.27. The smallest absolute Gasteiger partial charge is 0.337 e. The van der Waals surface area contributed by atoms with E-state index in [0.717, 1.165) is 16.6 Å². The van der Waals surface area contributed by atoms with Gasteiger partial charge in [-0.15, -0.1) is 0 Å². The van der Waals surface area contributed by atoms with E-state index < -0.39 is 0 Å². The van der Waals surface area contributed by atoms with E-state index in [1.165, 1.54) is 7.11 Å². The molecule has 3 aromatic rings. The molecule has 0 atom stereocenters. The normalized spacial score (nSPS) is 11.8. The number of nitrogens with zero attached hydrogens (tertiary/aromatic N) is 3. The number of carbonyl (C=O) groups excluding carboxylic acids is 1. The SMILES string of the molecule is COC(=O)c1cc(C)cc(-c2ccc3c(n2)n(C)c(=O)n3CC(C)(C)C)c1. The number of hydrogen-bond acceptors (Lipinski definition) is 4. The molecule has 0 radical (unpaired) electrons. The Hall–Kier alpha value is -2.89. The number of hydrogen-bond donors (Lipinski definition) is 0. The number of methoxy groups -OCH3 is 1. The molecule has 27 heavy (non-hydrogen) atoms. The van der Waals surface area contributed by atoms with E-state index in [9.17, 15) is 9.59 Å². The molecule has 0 saturated heterocycles. The lowest BCUT2D eigenvalue weighted by Crippen LogP contribution is -2.27. The molecule has 142 valence electrons. The number of imidazole rings is 1. The predicted octanol–water partition coefficient (Wildman–Crippen LogP) is 3.54. The molecule has 0 aliphatic heterocycles. The van der Waals surface area contributed by atoms with Crippen LogP contribution in [0.15, 0.2) is 35.1 Å². The van der Waals surface area contributed by atoms with Gasteiger partial charge in [-0.3, -0.25) is 9.13 Å². The fraction of sp³-hybridized carbons (Fsp3) is 0.381. The molecule has 0 amide bonds. The second kappa shape index (κ2) is 6.68. The lowest BCUT2D eigenvalue weighted by molar-refractivity contribution is 0.0600. The first-order valence-electron chi connectivity index (χ1n) is 8.87. The average molecular weight is 367 g/mol. The highest BCUT2D eigenvalue weighted by Gasteiger charge is 2.19. The van der Waals surface area contributed by atoms with Crippen LogP contribution in [-0.2, 0) is 18.3 Å². The highest BCUT2D eigenvalue weighted by atomic mass is 16.5. The summed E-state index contributed by atoms with van der Waals surface area (Å²) in [4.78, 5) is 29.3. The molecule has 3 rings (SSSR count). The maximum Gasteiger partial charge on any atom is 0.337 e. The van der Waals surface area contributed by atoms with E-state index in [-0.39, 0.29) is 17.1 Å². The minimum atomic E-state index is -0.384. The third-order valence-corrected chi connectivity index (χ3v) is 4.41. The molecule has 0 bridgehead atoms. The summed E-state index contributed by atoms with van der Waals surface area (Å²) in [6, 6.07) is 9.31. The third kappa shape index (κ3) is 3.65. The minimum Gasteiger partial charge on any atom is -0.465 e. The number of carbonyl (C=O) groups is 1. The highest BCUT2D eigenvalue weighted by Crippen LogP contribution is 2.25. The van der Waals surface area contributed by atoms with E-state index in [0.29, 0.717) is 23.4 Å². The zero-order valence-corrected chi connectivity index (χ0v) is 16.7. The van der Waals surface area contributed by atoms with E-state index in [1.54, 1.807) is 28.3 Å². The minimum absolute atomic E-state index is 0.0251. The van der Waals surface area contributed by atoms with Crippen molar-refractivity contribution in [2.75, 3.05) is 7.11 Å². The molecule has 6 heteroatoms. The van der Waals surface area contributed by atoms with Crippen LogP contribution in [-0.4, -0.2) is 27.2 Å². The molecule has 0 spiro atoms. The lowest BCUT2D eigenvalue weighted by Gasteiger charge is -2.18. The molecule has 0 aliphatic rings. The Bertz CT molecular complexity index is 1080. The van der Waals surface area contributed by atoms with Crippen molar-refractivity contribution in [1.29, 1.82) is 0 Å². The van der Waals surface area contributed by atoms with Gasteiger partial charge in [-0.25, -0.2) is 14.6 Å². The van der Waals surface area contributed by atoms with Crippen LogP contribution in [0.25, 0.3) is 22.4 Å². The maximum absolute atomic E-state index is 12.7. The van der Waals surface area contributed by atoms with Crippen LogP contribution in [0.3, 0.4) is 0 Å². The van der Waals surface area contributed by atoms with Gasteiger partial charge in [-0.2, -0.15) is 0 Å².